The van der Waals surface area contributed by atoms with Crippen LogP contribution < -0.4 is 5.32 Å². The van der Waals surface area contributed by atoms with Crippen molar-refractivity contribution in [2.75, 3.05) is 6.54 Å². The fourth-order valence-electron chi connectivity index (χ4n) is 2.66. The van der Waals surface area contributed by atoms with Gasteiger partial charge in [-0.05, 0) is 56.2 Å². The molecule has 0 saturated carbocycles. The predicted octanol–water partition coefficient (Wildman–Crippen LogP) is 3.18. The Morgan fingerprint density at radius 3 is 2.50 bits per heavy atom. The summed E-state index contributed by atoms with van der Waals surface area (Å²) in [6, 6.07) is 9.88. The van der Waals surface area contributed by atoms with Crippen molar-refractivity contribution in [3.8, 4) is 0 Å². The third-order valence-electron chi connectivity index (χ3n) is 3.69. The van der Waals surface area contributed by atoms with Crippen molar-refractivity contribution < 1.29 is 0 Å². The van der Waals surface area contributed by atoms with Gasteiger partial charge in [-0.3, -0.25) is 0 Å². The summed E-state index contributed by atoms with van der Waals surface area (Å²) in [4.78, 5) is 0. The van der Waals surface area contributed by atoms with Gasteiger partial charge in [0.15, 0.2) is 0 Å². The monoisotopic (exact) mass is 217 g/mol. The molecule has 2 unspecified atom stereocenters. The topological polar surface area (TPSA) is 12.0 Å². The maximum atomic E-state index is 3.52. The van der Waals surface area contributed by atoms with Crippen molar-refractivity contribution in [2.45, 2.75) is 45.6 Å². The number of nitrogens with one attached hydrogen (secondary N) is 1. The molecular weight excluding hydrogens is 194 g/mol. The van der Waals surface area contributed by atoms with Crippen LogP contribution in [0.2, 0.25) is 0 Å². The van der Waals surface area contributed by atoms with E-state index in [4.69, 9.17) is 0 Å². The molecule has 1 aliphatic heterocycles. The van der Waals surface area contributed by atoms with Crippen LogP contribution in [0, 0.1) is 5.92 Å². The van der Waals surface area contributed by atoms with Gasteiger partial charge in [0.1, 0.15) is 0 Å². The normalized spacial score (nSPS) is 25.6. The molecule has 1 saturated heterocycles. The van der Waals surface area contributed by atoms with E-state index in [-0.39, 0.29) is 0 Å². The van der Waals surface area contributed by atoms with Gasteiger partial charge in [-0.15, -0.1) is 0 Å². The largest absolute Gasteiger partial charge is 0.314 e. The maximum Gasteiger partial charge on any atom is 0.00414 e. The molecule has 0 amide bonds. The van der Waals surface area contributed by atoms with Crippen LogP contribution in [0.5, 0.6) is 0 Å². The quantitative estimate of drug-likeness (QED) is 0.820. The second-order valence-electron chi connectivity index (χ2n) is 5.12. The van der Waals surface area contributed by atoms with Gasteiger partial charge in [-0.1, -0.05) is 31.2 Å². The van der Waals surface area contributed by atoms with E-state index < -0.39 is 0 Å². The fourth-order valence-corrected chi connectivity index (χ4v) is 2.66. The minimum Gasteiger partial charge on any atom is -0.314 e. The highest BCUT2D eigenvalue weighted by Gasteiger charge is 2.18. The first-order valence-corrected chi connectivity index (χ1v) is 6.59. The molecule has 0 spiro atoms. The van der Waals surface area contributed by atoms with Crippen molar-refractivity contribution in [3.05, 3.63) is 35.4 Å². The van der Waals surface area contributed by atoms with Crippen LogP contribution in [-0.4, -0.2) is 12.6 Å². The van der Waals surface area contributed by atoms with Crippen molar-refractivity contribution >= 4 is 0 Å². The van der Waals surface area contributed by atoms with E-state index in [1.165, 1.54) is 36.9 Å². The predicted molar refractivity (Wildman–Crippen MR) is 69.7 cm³/mol. The van der Waals surface area contributed by atoms with E-state index in [2.05, 4.69) is 43.4 Å². The zero-order valence-corrected chi connectivity index (χ0v) is 10.5. The Labute approximate surface area is 99.3 Å². The van der Waals surface area contributed by atoms with Gasteiger partial charge in [0.05, 0.1) is 0 Å². The molecule has 0 bridgehead atoms. The average Bonchev–Trinajstić information content (AvgIpc) is 2.30. The highest BCUT2D eigenvalue weighted by atomic mass is 14.9. The lowest BCUT2D eigenvalue weighted by Gasteiger charge is -2.28. The molecule has 0 aliphatic carbocycles. The van der Waals surface area contributed by atoms with Gasteiger partial charge < -0.3 is 5.32 Å². The molecule has 88 valence electrons. The lowest BCUT2D eigenvalue weighted by molar-refractivity contribution is 0.314. The number of piperidine rings is 1. The molecule has 2 atom stereocenters. The van der Waals surface area contributed by atoms with E-state index in [0.717, 1.165) is 12.3 Å². The Morgan fingerprint density at radius 1 is 1.19 bits per heavy atom. The van der Waals surface area contributed by atoms with Crippen LogP contribution in [-0.2, 0) is 12.8 Å². The van der Waals surface area contributed by atoms with Gasteiger partial charge in [0.2, 0.25) is 0 Å². The van der Waals surface area contributed by atoms with E-state index in [1.54, 1.807) is 0 Å². The molecule has 1 fully saturated rings. The number of rotatable bonds is 3. The molecule has 1 aliphatic rings. The van der Waals surface area contributed by atoms with Crippen LogP contribution >= 0.6 is 0 Å². The summed E-state index contributed by atoms with van der Waals surface area (Å²) in [6.07, 6.45) is 5.07. The first kappa shape index (κ1) is 11.7. The highest BCUT2D eigenvalue weighted by molar-refractivity contribution is 5.22. The van der Waals surface area contributed by atoms with Crippen molar-refractivity contribution in [3.63, 3.8) is 0 Å². The number of aryl methyl sites for hydroxylation is 1. The molecular formula is C15H23N. The summed E-state index contributed by atoms with van der Waals surface area (Å²) in [7, 11) is 0. The minimum atomic E-state index is 0.702. The second-order valence-corrected chi connectivity index (χ2v) is 5.12. The maximum absolute atomic E-state index is 3.52. The van der Waals surface area contributed by atoms with Crippen molar-refractivity contribution in [2.24, 2.45) is 5.92 Å². The zero-order valence-electron chi connectivity index (χ0n) is 10.5. The Bertz CT molecular complexity index is 315. The summed E-state index contributed by atoms with van der Waals surface area (Å²) in [5, 5.41) is 3.52. The molecule has 1 heteroatoms. The van der Waals surface area contributed by atoms with Crippen LogP contribution in [0.3, 0.4) is 0 Å². The van der Waals surface area contributed by atoms with Gasteiger partial charge in [0.25, 0.3) is 0 Å². The lowest BCUT2D eigenvalue weighted by Crippen LogP contribution is -2.36. The fraction of sp³-hybridized carbons (Fsp3) is 0.600. The van der Waals surface area contributed by atoms with Crippen LogP contribution in [0.15, 0.2) is 24.3 Å². The van der Waals surface area contributed by atoms with E-state index in [9.17, 15) is 0 Å². The smallest absolute Gasteiger partial charge is 0.00414 e. The molecule has 1 nitrogen and oxygen atoms in total. The SMILES string of the molecule is CCc1ccc(CC2CCNC(C)C2)cc1. The third kappa shape index (κ3) is 3.08. The van der Waals surface area contributed by atoms with Crippen LogP contribution in [0.1, 0.15) is 37.8 Å². The summed E-state index contributed by atoms with van der Waals surface area (Å²) < 4.78 is 0. The number of hydrogen-bond acceptors (Lipinski definition) is 1. The number of hydrogen-bond donors (Lipinski definition) is 1. The standard InChI is InChI=1S/C15H23N/c1-3-13-4-6-14(7-5-13)11-15-8-9-16-12(2)10-15/h4-7,12,15-16H,3,8-11H2,1-2H3. The zero-order chi connectivity index (χ0) is 11.4. The second kappa shape index (κ2) is 5.49. The highest BCUT2D eigenvalue weighted by Crippen LogP contribution is 2.21. The first-order valence-electron chi connectivity index (χ1n) is 6.59. The lowest BCUT2D eigenvalue weighted by atomic mass is 9.87. The summed E-state index contributed by atoms with van der Waals surface area (Å²) in [5.74, 6) is 0.878. The molecule has 0 aromatic heterocycles. The Morgan fingerprint density at radius 2 is 1.88 bits per heavy atom. The Balaban J connectivity index is 1.92. The van der Waals surface area contributed by atoms with Gasteiger partial charge in [-0.25, -0.2) is 0 Å². The van der Waals surface area contributed by atoms with E-state index >= 15 is 0 Å². The minimum absolute atomic E-state index is 0.702. The van der Waals surface area contributed by atoms with E-state index in [1.807, 2.05) is 0 Å². The Kier molecular flexibility index (Phi) is 4.00. The first-order chi connectivity index (χ1) is 7.78. The van der Waals surface area contributed by atoms with Crippen molar-refractivity contribution in [1.82, 2.24) is 5.32 Å². The number of benzene rings is 1. The van der Waals surface area contributed by atoms with Crippen molar-refractivity contribution in [1.29, 1.82) is 0 Å². The van der Waals surface area contributed by atoms with Gasteiger partial charge in [-0.2, -0.15) is 0 Å². The van der Waals surface area contributed by atoms with Crippen LogP contribution in [0.25, 0.3) is 0 Å². The average molecular weight is 217 g/mol. The molecule has 1 N–H and O–H groups in total. The third-order valence-corrected chi connectivity index (χ3v) is 3.69. The van der Waals surface area contributed by atoms with Gasteiger partial charge in [0, 0.05) is 6.04 Å². The Hall–Kier alpha value is -0.820. The molecule has 0 radical (unpaired) electrons. The van der Waals surface area contributed by atoms with Crippen LogP contribution in [0.4, 0.5) is 0 Å². The van der Waals surface area contributed by atoms with E-state index in [0.29, 0.717) is 6.04 Å². The summed E-state index contributed by atoms with van der Waals surface area (Å²) in [5.41, 5.74) is 2.96. The molecule has 1 heterocycles. The molecule has 16 heavy (non-hydrogen) atoms. The van der Waals surface area contributed by atoms with Gasteiger partial charge >= 0.3 is 0 Å². The molecule has 1 aromatic carbocycles. The molecule has 2 rings (SSSR count). The molecule has 1 aromatic rings. The summed E-state index contributed by atoms with van der Waals surface area (Å²) >= 11 is 0. The summed E-state index contributed by atoms with van der Waals surface area (Å²) in [6.45, 7) is 5.70.